The van der Waals surface area contributed by atoms with E-state index in [-0.39, 0.29) is 5.75 Å². The zero-order chi connectivity index (χ0) is 16.0. The van der Waals surface area contributed by atoms with E-state index in [0.717, 1.165) is 5.56 Å². The lowest BCUT2D eigenvalue weighted by molar-refractivity contribution is 0.0525. The second kappa shape index (κ2) is 7.41. The second-order valence-corrected chi connectivity index (χ2v) is 6.11. The van der Waals surface area contributed by atoms with Crippen molar-refractivity contribution in [3.8, 4) is 11.5 Å². The largest absolute Gasteiger partial charge is 0.508 e. The summed E-state index contributed by atoms with van der Waals surface area (Å²) in [5.41, 5.74) is 0.261. The lowest BCUT2D eigenvalue weighted by Crippen LogP contribution is -2.33. The third kappa shape index (κ3) is 6.58. The summed E-state index contributed by atoms with van der Waals surface area (Å²) in [4.78, 5) is 11.4. The van der Waals surface area contributed by atoms with Crippen molar-refractivity contribution in [3.05, 3.63) is 22.7 Å². The van der Waals surface area contributed by atoms with Crippen LogP contribution in [0.25, 0.3) is 0 Å². The van der Waals surface area contributed by atoms with Crippen LogP contribution in [0.1, 0.15) is 32.8 Å². The van der Waals surface area contributed by atoms with Crippen molar-refractivity contribution in [2.75, 3.05) is 13.2 Å². The van der Waals surface area contributed by atoms with E-state index in [2.05, 4.69) is 5.32 Å². The third-order valence-electron chi connectivity index (χ3n) is 2.45. The van der Waals surface area contributed by atoms with Gasteiger partial charge in [0.15, 0.2) is 0 Å². The maximum absolute atomic E-state index is 11.4. The van der Waals surface area contributed by atoms with Gasteiger partial charge < -0.3 is 19.9 Å². The van der Waals surface area contributed by atoms with Gasteiger partial charge in [0.25, 0.3) is 0 Å². The number of alkyl carbamates (subject to hydrolysis) is 1. The number of benzene rings is 1. The fourth-order valence-electron chi connectivity index (χ4n) is 1.65. The summed E-state index contributed by atoms with van der Waals surface area (Å²) in [6, 6.07) is 3.02. The Labute approximate surface area is 130 Å². The lowest BCUT2D eigenvalue weighted by atomic mass is 10.2. The van der Waals surface area contributed by atoms with Gasteiger partial charge in [0.2, 0.25) is 0 Å². The average Bonchev–Trinajstić information content (AvgIpc) is 2.29. The molecule has 0 saturated carbocycles. The number of phenols is 1. The fourth-order valence-corrected chi connectivity index (χ4v) is 1.96. The fraction of sp³-hybridized carbons (Fsp3) is 0.533. The molecule has 0 radical (unpaired) electrons. The predicted molar refractivity (Wildman–Crippen MR) is 82.2 cm³/mol. The summed E-state index contributed by atoms with van der Waals surface area (Å²) < 4.78 is 10.7. The van der Waals surface area contributed by atoms with Gasteiger partial charge in [-0.05, 0) is 45.7 Å². The number of aryl methyl sites for hydroxylation is 1. The van der Waals surface area contributed by atoms with E-state index in [0.29, 0.717) is 30.3 Å². The molecule has 21 heavy (non-hydrogen) atoms. The zero-order valence-electron chi connectivity index (χ0n) is 12.8. The number of nitrogens with one attached hydrogen (secondary N) is 1. The molecule has 0 atom stereocenters. The van der Waals surface area contributed by atoms with Crippen molar-refractivity contribution < 1.29 is 19.4 Å². The van der Waals surface area contributed by atoms with E-state index in [1.54, 1.807) is 13.0 Å². The lowest BCUT2D eigenvalue weighted by Gasteiger charge is -2.19. The molecule has 0 unspecified atom stereocenters. The number of rotatable bonds is 5. The van der Waals surface area contributed by atoms with Gasteiger partial charge in [-0.15, -0.1) is 0 Å². The highest BCUT2D eigenvalue weighted by molar-refractivity contribution is 6.32. The first-order chi connectivity index (χ1) is 9.69. The molecule has 0 heterocycles. The van der Waals surface area contributed by atoms with Crippen molar-refractivity contribution in [1.82, 2.24) is 5.32 Å². The maximum Gasteiger partial charge on any atom is 0.407 e. The van der Waals surface area contributed by atoms with Crippen molar-refractivity contribution in [2.24, 2.45) is 0 Å². The van der Waals surface area contributed by atoms with Crippen molar-refractivity contribution in [2.45, 2.75) is 39.7 Å². The van der Waals surface area contributed by atoms with E-state index in [1.165, 1.54) is 6.07 Å². The number of amides is 1. The highest BCUT2D eigenvalue weighted by Gasteiger charge is 2.15. The Kier molecular flexibility index (Phi) is 6.15. The topological polar surface area (TPSA) is 67.8 Å². The summed E-state index contributed by atoms with van der Waals surface area (Å²) in [5, 5.41) is 12.4. The minimum absolute atomic E-state index is 0.108. The smallest absolute Gasteiger partial charge is 0.407 e. The molecule has 0 aromatic heterocycles. The maximum atomic E-state index is 11.4. The Morgan fingerprint density at radius 2 is 2.05 bits per heavy atom. The molecule has 5 nitrogen and oxygen atoms in total. The Hall–Kier alpha value is -1.62. The quantitative estimate of drug-likeness (QED) is 0.814. The summed E-state index contributed by atoms with van der Waals surface area (Å²) in [7, 11) is 0. The van der Waals surface area contributed by atoms with Gasteiger partial charge in [-0.1, -0.05) is 11.6 Å². The number of halogens is 1. The van der Waals surface area contributed by atoms with Crippen LogP contribution in [0.4, 0.5) is 4.79 Å². The van der Waals surface area contributed by atoms with Crippen LogP contribution in [0.2, 0.25) is 5.02 Å². The third-order valence-corrected chi connectivity index (χ3v) is 2.73. The summed E-state index contributed by atoms with van der Waals surface area (Å²) in [6.45, 7) is 8.09. The van der Waals surface area contributed by atoms with Gasteiger partial charge in [0.1, 0.15) is 17.1 Å². The number of hydrogen-bond donors (Lipinski definition) is 2. The van der Waals surface area contributed by atoms with Gasteiger partial charge in [-0.2, -0.15) is 0 Å². The first kappa shape index (κ1) is 17.4. The highest BCUT2D eigenvalue weighted by atomic mass is 35.5. The van der Waals surface area contributed by atoms with Crippen LogP contribution in [0, 0.1) is 6.92 Å². The molecule has 1 aromatic carbocycles. The molecule has 0 bridgehead atoms. The molecule has 0 fully saturated rings. The van der Waals surface area contributed by atoms with Crippen LogP contribution >= 0.6 is 11.6 Å². The normalized spacial score (nSPS) is 11.1. The molecule has 0 saturated heterocycles. The molecule has 6 heteroatoms. The molecule has 0 aliphatic heterocycles. The molecule has 0 spiro atoms. The van der Waals surface area contributed by atoms with E-state index in [4.69, 9.17) is 21.1 Å². The number of phenolic OH excluding ortho intramolecular Hbond substituents is 1. The molecule has 2 N–H and O–H groups in total. The standard InChI is InChI=1S/C15H22ClNO4/c1-10-8-11(18)9-12(16)13(10)20-7-5-6-17-14(19)21-15(2,3)4/h8-9,18H,5-7H2,1-4H3,(H,17,19). The predicted octanol–water partition coefficient (Wildman–Crippen LogP) is 3.65. The summed E-state index contributed by atoms with van der Waals surface area (Å²) >= 11 is 6.00. The van der Waals surface area contributed by atoms with E-state index in [1.807, 2.05) is 20.8 Å². The number of hydrogen-bond acceptors (Lipinski definition) is 4. The van der Waals surface area contributed by atoms with Crippen molar-refractivity contribution >= 4 is 17.7 Å². The van der Waals surface area contributed by atoms with Gasteiger partial charge in [0, 0.05) is 12.6 Å². The Morgan fingerprint density at radius 3 is 2.62 bits per heavy atom. The number of carbonyl (C=O) groups is 1. The van der Waals surface area contributed by atoms with E-state index in [9.17, 15) is 9.90 Å². The molecule has 1 amide bonds. The minimum atomic E-state index is -0.503. The van der Waals surface area contributed by atoms with Crippen molar-refractivity contribution in [3.63, 3.8) is 0 Å². The zero-order valence-corrected chi connectivity index (χ0v) is 13.6. The Morgan fingerprint density at radius 1 is 1.38 bits per heavy atom. The Balaban J connectivity index is 2.31. The number of ether oxygens (including phenoxy) is 2. The van der Waals surface area contributed by atoms with Crippen LogP contribution in [0.5, 0.6) is 11.5 Å². The molecule has 0 aliphatic carbocycles. The van der Waals surface area contributed by atoms with Crippen LogP contribution in [-0.2, 0) is 4.74 Å². The SMILES string of the molecule is Cc1cc(O)cc(Cl)c1OCCCNC(=O)OC(C)(C)C. The first-order valence-electron chi connectivity index (χ1n) is 6.78. The van der Waals surface area contributed by atoms with Crippen LogP contribution in [0.3, 0.4) is 0 Å². The van der Waals surface area contributed by atoms with Gasteiger partial charge >= 0.3 is 6.09 Å². The van der Waals surface area contributed by atoms with Crippen molar-refractivity contribution in [1.29, 1.82) is 0 Å². The Bertz CT molecular complexity index is 474. The molecule has 1 rings (SSSR count). The van der Waals surface area contributed by atoms with Crippen LogP contribution in [0.15, 0.2) is 12.1 Å². The number of aromatic hydroxyl groups is 1. The summed E-state index contributed by atoms with van der Waals surface area (Å²) in [5.74, 6) is 0.656. The van der Waals surface area contributed by atoms with Gasteiger partial charge in [-0.3, -0.25) is 0 Å². The molecule has 0 aliphatic rings. The molecule has 118 valence electrons. The van der Waals surface area contributed by atoms with E-state index < -0.39 is 11.7 Å². The van der Waals surface area contributed by atoms with Crippen LogP contribution in [-0.4, -0.2) is 30.0 Å². The molecular weight excluding hydrogens is 294 g/mol. The van der Waals surface area contributed by atoms with Crippen LogP contribution < -0.4 is 10.1 Å². The minimum Gasteiger partial charge on any atom is -0.508 e. The van der Waals surface area contributed by atoms with E-state index >= 15 is 0 Å². The first-order valence-corrected chi connectivity index (χ1v) is 7.15. The molecular formula is C15H22ClNO4. The monoisotopic (exact) mass is 315 g/mol. The average molecular weight is 316 g/mol. The second-order valence-electron chi connectivity index (χ2n) is 5.70. The van der Waals surface area contributed by atoms with Gasteiger partial charge in [0.05, 0.1) is 11.6 Å². The highest BCUT2D eigenvalue weighted by Crippen LogP contribution is 2.32. The summed E-state index contributed by atoms with van der Waals surface area (Å²) in [6.07, 6.45) is 0.178. The molecule has 1 aromatic rings. The van der Waals surface area contributed by atoms with Gasteiger partial charge in [-0.25, -0.2) is 4.79 Å². The number of carbonyl (C=O) groups excluding carboxylic acids is 1.